The normalized spacial score (nSPS) is 28.5. The van der Waals surface area contributed by atoms with Crippen LogP contribution in [0.25, 0.3) is 0 Å². The molecule has 0 spiro atoms. The number of piperidine rings is 1. The second kappa shape index (κ2) is 8.02. The predicted octanol–water partition coefficient (Wildman–Crippen LogP) is 0.583. The molecule has 0 saturated carbocycles. The van der Waals surface area contributed by atoms with Gasteiger partial charge in [-0.3, -0.25) is 9.48 Å². The number of carbonyl (C=O) groups excluding carboxylic acids is 1. The van der Waals surface area contributed by atoms with E-state index >= 15 is 0 Å². The topological polar surface area (TPSA) is 81.5 Å². The lowest BCUT2D eigenvalue weighted by Gasteiger charge is -2.44. The summed E-state index contributed by atoms with van der Waals surface area (Å²) < 4.78 is 13.2. The Morgan fingerprint density at radius 2 is 2.31 bits per heavy atom. The van der Waals surface area contributed by atoms with Crippen LogP contribution in [0.2, 0.25) is 0 Å². The molecule has 2 aliphatic heterocycles. The largest absolute Gasteiger partial charge is 0.381 e. The lowest BCUT2D eigenvalue weighted by molar-refractivity contribution is -0.143. The van der Waals surface area contributed by atoms with Gasteiger partial charge in [0.25, 0.3) is 0 Å². The molecule has 1 aromatic rings. The molecule has 0 aromatic carbocycles. The summed E-state index contributed by atoms with van der Waals surface area (Å²) in [5.74, 6) is 0.195. The summed E-state index contributed by atoms with van der Waals surface area (Å²) in [7, 11) is 3.63. The molecule has 8 heteroatoms. The van der Waals surface area contributed by atoms with Crippen molar-refractivity contribution in [2.24, 2.45) is 18.4 Å². The van der Waals surface area contributed by atoms with Crippen molar-refractivity contribution in [3.63, 3.8) is 0 Å². The van der Waals surface area contributed by atoms with Crippen LogP contribution >= 0.6 is 0 Å². The summed E-state index contributed by atoms with van der Waals surface area (Å²) in [5, 5.41) is 11.1. The molecular weight excluding hydrogens is 334 g/mol. The van der Waals surface area contributed by atoms with E-state index < -0.39 is 0 Å². The first-order chi connectivity index (χ1) is 12.4. The number of nitrogens with zero attached hydrogens (tertiary/aromatic N) is 4. The van der Waals surface area contributed by atoms with E-state index in [0.717, 1.165) is 38.2 Å². The number of ether oxygens (including phenoxy) is 2. The van der Waals surface area contributed by atoms with Gasteiger partial charge in [-0.05, 0) is 12.8 Å². The number of amides is 1. The fraction of sp³-hybridized carbons (Fsp3) is 0.833. The summed E-state index contributed by atoms with van der Waals surface area (Å²) in [5.41, 5.74) is 1.01. The lowest BCUT2D eigenvalue weighted by atomic mass is 9.80. The highest BCUT2D eigenvalue weighted by Gasteiger charge is 2.41. The standard InChI is InChI=1S/C18H31N5O3/c1-18(2)12-23(6-5-16(18)25-4)17(24)13-7-15(26-11-13)10-19-8-14-9-20-21-22(14)3/h9,13,15-16,19H,5-8,10-12H2,1-4H3/t13-,15-,16?/m0/s1. The van der Waals surface area contributed by atoms with E-state index in [2.05, 4.69) is 29.5 Å². The summed E-state index contributed by atoms with van der Waals surface area (Å²) in [6.07, 6.45) is 3.71. The van der Waals surface area contributed by atoms with Gasteiger partial charge in [-0.1, -0.05) is 19.1 Å². The van der Waals surface area contributed by atoms with Crippen molar-refractivity contribution >= 4 is 5.91 Å². The van der Waals surface area contributed by atoms with Crippen LogP contribution in [0.4, 0.5) is 0 Å². The number of aryl methyl sites for hydroxylation is 1. The summed E-state index contributed by atoms with van der Waals surface area (Å²) in [6.45, 7) is 7.80. The molecule has 1 aromatic heterocycles. The van der Waals surface area contributed by atoms with Crippen molar-refractivity contribution in [1.82, 2.24) is 25.2 Å². The molecule has 3 heterocycles. The van der Waals surface area contributed by atoms with E-state index in [-0.39, 0.29) is 29.4 Å². The number of aromatic nitrogens is 3. The van der Waals surface area contributed by atoms with Crippen molar-refractivity contribution in [3.05, 3.63) is 11.9 Å². The minimum absolute atomic E-state index is 0.0137. The molecule has 0 aliphatic carbocycles. The van der Waals surface area contributed by atoms with Crippen LogP contribution in [0, 0.1) is 11.3 Å². The van der Waals surface area contributed by atoms with Crippen LogP contribution in [0.5, 0.6) is 0 Å². The first kappa shape index (κ1) is 19.3. The SMILES string of the molecule is COC1CCN(C(=O)[C@@H]2CO[C@H](CNCc3cnnn3C)C2)CC1(C)C. The number of methoxy groups -OCH3 is 1. The zero-order chi connectivity index (χ0) is 18.7. The Kier molecular flexibility index (Phi) is 5.94. The number of hydrogen-bond acceptors (Lipinski definition) is 6. The second-order valence-corrected chi connectivity index (χ2v) is 8.13. The highest BCUT2D eigenvalue weighted by Crippen LogP contribution is 2.33. The maximum Gasteiger partial charge on any atom is 0.228 e. The first-order valence-corrected chi connectivity index (χ1v) is 9.38. The van der Waals surface area contributed by atoms with Gasteiger partial charge in [0.2, 0.25) is 5.91 Å². The van der Waals surface area contributed by atoms with Crippen LogP contribution in [0.15, 0.2) is 6.20 Å². The average Bonchev–Trinajstić information content (AvgIpc) is 3.23. The lowest BCUT2D eigenvalue weighted by Crippen LogP contribution is -2.52. The Morgan fingerprint density at radius 1 is 1.50 bits per heavy atom. The molecule has 2 fully saturated rings. The Balaban J connectivity index is 1.45. The molecule has 2 aliphatic rings. The van der Waals surface area contributed by atoms with Gasteiger partial charge in [0.1, 0.15) is 0 Å². The molecular formula is C18H31N5O3. The van der Waals surface area contributed by atoms with Crippen LogP contribution in [0.1, 0.15) is 32.4 Å². The minimum Gasteiger partial charge on any atom is -0.381 e. The van der Waals surface area contributed by atoms with Gasteiger partial charge in [0, 0.05) is 45.8 Å². The van der Waals surface area contributed by atoms with Crippen molar-refractivity contribution < 1.29 is 14.3 Å². The number of carbonyl (C=O) groups is 1. The number of hydrogen-bond donors (Lipinski definition) is 1. The molecule has 1 N–H and O–H groups in total. The van der Waals surface area contributed by atoms with Gasteiger partial charge in [0.15, 0.2) is 0 Å². The monoisotopic (exact) mass is 365 g/mol. The van der Waals surface area contributed by atoms with Crippen LogP contribution in [-0.2, 0) is 27.9 Å². The van der Waals surface area contributed by atoms with Gasteiger partial charge in [-0.2, -0.15) is 0 Å². The number of nitrogens with one attached hydrogen (secondary N) is 1. The van der Waals surface area contributed by atoms with E-state index in [4.69, 9.17) is 9.47 Å². The van der Waals surface area contributed by atoms with Gasteiger partial charge < -0.3 is 19.7 Å². The maximum absolute atomic E-state index is 12.9. The van der Waals surface area contributed by atoms with E-state index in [1.807, 2.05) is 11.9 Å². The number of rotatable bonds is 6. The third kappa shape index (κ3) is 4.24. The van der Waals surface area contributed by atoms with E-state index in [9.17, 15) is 4.79 Å². The number of likely N-dealkylation sites (tertiary alicyclic amines) is 1. The highest BCUT2D eigenvalue weighted by molar-refractivity contribution is 5.79. The van der Waals surface area contributed by atoms with E-state index in [1.54, 1.807) is 18.0 Å². The predicted molar refractivity (Wildman–Crippen MR) is 96.3 cm³/mol. The van der Waals surface area contributed by atoms with Gasteiger partial charge in [-0.25, -0.2) is 0 Å². The van der Waals surface area contributed by atoms with Crippen LogP contribution < -0.4 is 5.32 Å². The highest BCUT2D eigenvalue weighted by atomic mass is 16.5. The molecule has 0 radical (unpaired) electrons. The van der Waals surface area contributed by atoms with E-state index in [1.165, 1.54) is 0 Å². The van der Waals surface area contributed by atoms with Crippen LogP contribution in [-0.4, -0.2) is 71.4 Å². The Morgan fingerprint density at radius 3 is 2.96 bits per heavy atom. The minimum atomic E-state index is -0.0323. The van der Waals surface area contributed by atoms with Gasteiger partial charge >= 0.3 is 0 Å². The molecule has 0 bridgehead atoms. The zero-order valence-corrected chi connectivity index (χ0v) is 16.3. The van der Waals surface area contributed by atoms with E-state index in [0.29, 0.717) is 13.2 Å². The third-order valence-electron chi connectivity index (χ3n) is 5.64. The van der Waals surface area contributed by atoms with Crippen LogP contribution in [0.3, 0.4) is 0 Å². The third-order valence-corrected chi connectivity index (χ3v) is 5.64. The van der Waals surface area contributed by atoms with Crippen molar-refractivity contribution in [1.29, 1.82) is 0 Å². The molecule has 3 atom stereocenters. The Bertz CT molecular complexity index is 618. The fourth-order valence-corrected chi connectivity index (χ4v) is 4.07. The summed E-state index contributed by atoms with van der Waals surface area (Å²) in [6, 6.07) is 0. The first-order valence-electron chi connectivity index (χ1n) is 9.38. The van der Waals surface area contributed by atoms with Crippen molar-refractivity contribution in [2.75, 3.05) is 33.4 Å². The second-order valence-electron chi connectivity index (χ2n) is 8.13. The molecule has 26 heavy (non-hydrogen) atoms. The molecule has 1 unspecified atom stereocenters. The summed E-state index contributed by atoms with van der Waals surface area (Å²) in [4.78, 5) is 14.9. The van der Waals surface area contributed by atoms with Crippen molar-refractivity contribution in [3.8, 4) is 0 Å². The smallest absolute Gasteiger partial charge is 0.228 e. The fourth-order valence-electron chi connectivity index (χ4n) is 4.07. The zero-order valence-electron chi connectivity index (χ0n) is 16.3. The van der Waals surface area contributed by atoms with Crippen molar-refractivity contribution in [2.45, 2.75) is 45.4 Å². The molecule has 146 valence electrons. The Hall–Kier alpha value is -1.51. The molecule has 3 rings (SSSR count). The molecule has 1 amide bonds. The van der Waals surface area contributed by atoms with Gasteiger partial charge in [-0.15, -0.1) is 5.10 Å². The quantitative estimate of drug-likeness (QED) is 0.794. The summed E-state index contributed by atoms with van der Waals surface area (Å²) >= 11 is 0. The maximum atomic E-state index is 12.9. The average molecular weight is 365 g/mol. The van der Waals surface area contributed by atoms with Gasteiger partial charge in [0.05, 0.1) is 36.6 Å². The Labute approximate surface area is 155 Å². The molecule has 8 nitrogen and oxygen atoms in total. The molecule has 2 saturated heterocycles.